The second-order valence-electron chi connectivity index (χ2n) is 13.1. The lowest BCUT2D eigenvalue weighted by Gasteiger charge is -2.37. The summed E-state index contributed by atoms with van der Waals surface area (Å²) in [7, 11) is 0.410. The lowest BCUT2D eigenvalue weighted by molar-refractivity contribution is -0.0893. The van der Waals surface area contributed by atoms with E-state index in [4.69, 9.17) is 9.07 Å². The SMILES string of the molecule is CC(C)(O)C(C)(C)OBc1ccc(N(c2ccc(-c3ccccc3)cc2)c2ccc(-c3ccc4c(c3)oc3ccccc34)cc2)cc1. The summed E-state index contributed by atoms with van der Waals surface area (Å²) in [5, 5.41) is 12.8. The highest BCUT2D eigenvalue weighted by atomic mass is 16.5. The molecule has 0 atom stereocenters. The van der Waals surface area contributed by atoms with Gasteiger partial charge in [-0.25, -0.2) is 0 Å². The molecule has 0 fully saturated rings. The largest absolute Gasteiger partial charge is 0.456 e. The van der Waals surface area contributed by atoms with Crippen LogP contribution in [0.15, 0.2) is 150 Å². The lowest BCUT2D eigenvalue weighted by atomic mass is 9.82. The van der Waals surface area contributed by atoms with Gasteiger partial charge >= 0.3 is 7.48 Å². The Morgan fingerprint density at radius 1 is 0.532 bits per heavy atom. The Bertz CT molecular complexity index is 2130. The molecular formula is C42H38BNO3. The molecule has 4 nitrogen and oxygen atoms in total. The van der Waals surface area contributed by atoms with Crippen molar-refractivity contribution in [3.63, 3.8) is 0 Å². The molecule has 0 amide bonds. The van der Waals surface area contributed by atoms with Crippen LogP contribution in [0.2, 0.25) is 0 Å². The highest BCUT2D eigenvalue weighted by molar-refractivity contribution is 6.47. The average molecular weight is 616 g/mol. The van der Waals surface area contributed by atoms with Gasteiger partial charge in [0.15, 0.2) is 0 Å². The maximum absolute atomic E-state index is 10.5. The van der Waals surface area contributed by atoms with Crippen LogP contribution in [0.1, 0.15) is 27.7 Å². The Hall–Kier alpha value is -5.10. The maximum atomic E-state index is 10.5. The zero-order valence-corrected chi connectivity index (χ0v) is 27.3. The number of nitrogens with zero attached hydrogens (tertiary/aromatic N) is 1. The summed E-state index contributed by atoms with van der Waals surface area (Å²) in [5.74, 6) is 0. The molecule has 7 aromatic rings. The number of hydrogen-bond donors (Lipinski definition) is 1. The van der Waals surface area contributed by atoms with Crippen molar-refractivity contribution in [2.75, 3.05) is 4.90 Å². The minimum absolute atomic E-state index is 0.410. The van der Waals surface area contributed by atoms with Gasteiger partial charge in [-0.3, -0.25) is 0 Å². The van der Waals surface area contributed by atoms with Crippen LogP contribution in [0.25, 0.3) is 44.2 Å². The summed E-state index contributed by atoms with van der Waals surface area (Å²) >= 11 is 0. The summed E-state index contributed by atoms with van der Waals surface area (Å²) in [4.78, 5) is 2.27. The van der Waals surface area contributed by atoms with Gasteiger partial charge in [-0.2, -0.15) is 0 Å². The maximum Gasteiger partial charge on any atom is 0.309 e. The summed E-state index contributed by atoms with van der Waals surface area (Å²) in [6, 6.07) is 50.9. The first-order valence-electron chi connectivity index (χ1n) is 16.1. The second kappa shape index (κ2) is 12.3. The van der Waals surface area contributed by atoms with Gasteiger partial charge in [-0.1, -0.05) is 96.5 Å². The highest BCUT2D eigenvalue weighted by Gasteiger charge is 2.35. The zero-order valence-electron chi connectivity index (χ0n) is 27.3. The highest BCUT2D eigenvalue weighted by Crippen LogP contribution is 2.37. The third-order valence-electron chi connectivity index (χ3n) is 9.34. The molecule has 1 aromatic heterocycles. The van der Waals surface area contributed by atoms with Crippen LogP contribution in [-0.4, -0.2) is 23.8 Å². The van der Waals surface area contributed by atoms with Crippen LogP contribution in [-0.2, 0) is 4.65 Å². The van der Waals surface area contributed by atoms with Crippen LogP contribution in [0, 0.1) is 0 Å². The molecule has 0 spiro atoms. The van der Waals surface area contributed by atoms with Gasteiger partial charge in [0.1, 0.15) is 11.2 Å². The molecule has 47 heavy (non-hydrogen) atoms. The summed E-state index contributed by atoms with van der Waals surface area (Å²) < 4.78 is 12.3. The number of furan rings is 1. The fourth-order valence-electron chi connectivity index (χ4n) is 5.77. The van der Waals surface area contributed by atoms with Crippen molar-refractivity contribution >= 4 is 51.9 Å². The molecule has 1 heterocycles. The molecule has 0 aliphatic carbocycles. The first-order chi connectivity index (χ1) is 22.7. The molecule has 0 saturated carbocycles. The van der Waals surface area contributed by atoms with Gasteiger partial charge in [-0.05, 0) is 105 Å². The number of para-hydroxylation sites is 1. The van der Waals surface area contributed by atoms with E-state index in [1.54, 1.807) is 13.8 Å². The summed E-state index contributed by atoms with van der Waals surface area (Å²) in [5.41, 5.74) is 8.95. The van der Waals surface area contributed by atoms with Gasteiger partial charge in [0.25, 0.3) is 0 Å². The third kappa shape index (κ3) is 6.20. The standard InChI is InChI=1S/C42H38BNO3/c1-41(2,45)42(3,4)47-43-33-19-25-36(26-20-33)44(34-21-14-30(15-22-34)29-10-6-5-7-11-29)35-23-16-31(17-24-35)32-18-27-38-37-12-8-9-13-39(37)46-40(38)28-32/h5-28,43,45H,1-4H3. The molecule has 0 saturated heterocycles. The zero-order chi connectivity index (χ0) is 32.6. The van der Waals surface area contributed by atoms with Crippen molar-refractivity contribution in [1.82, 2.24) is 0 Å². The number of benzene rings is 6. The van der Waals surface area contributed by atoms with Crippen LogP contribution in [0.5, 0.6) is 0 Å². The number of anilines is 3. The van der Waals surface area contributed by atoms with Crippen molar-refractivity contribution < 1.29 is 14.2 Å². The molecule has 7 rings (SSSR count). The van der Waals surface area contributed by atoms with E-state index in [-0.39, 0.29) is 0 Å². The normalized spacial score (nSPS) is 12.0. The van der Waals surface area contributed by atoms with Crippen molar-refractivity contribution in [2.24, 2.45) is 0 Å². The Balaban J connectivity index is 1.21. The predicted molar refractivity (Wildman–Crippen MR) is 198 cm³/mol. The Kier molecular flexibility index (Phi) is 7.97. The topological polar surface area (TPSA) is 45.8 Å². The van der Waals surface area contributed by atoms with Gasteiger partial charge in [0, 0.05) is 27.8 Å². The monoisotopic (exact) mass is 615 g/mol. The number of hydrogen-bond acceptors (Lipinski definition) is 4. The molecule has 0 aliphatic rings. The number of fused-ring (bicyclic) bond motifs is 3. The van der Waals surface area contributed by atoms with E-state index in [0.717, 1.165) is 55.6 Å². The van der Waals surface area contributed by atoms with E-state index in [9.17, 15) is 5.11 Å². The van der Waals surface area contributed by atoms with E-state index in [1.807, 2.05) is 38.1 Å². The van der Waals surface area contributed by atoms with Crippen molar-refractivity contribution in [1.29, 1.82) is 0 Å². The number of rotatable bonds is 9. The average Bonchev–Trinajstić information content (AvgIpc) is 3.47. The fraction of sp³-hybridized carbons (Fsp3) is 0.143. The molecule has 0 bridgehead atoms. The predicted octanol–water partition coefficient (Wildman–Crippen LogP) is 9.93. The molecule has 0 radical (unpaired) electrons. The molecule has 6 aromatic carbocycles. The van der Waals surface area contributed by atoms with Crippen LogP contribution in [0.4, 0.5) is 17.1 Å². The van der Waals surface area contributed by atoms with Crippen LogP contribution >= 0.6 is 0 Å². The van der Waals surface area contributed by atoms with E-state index < -0.39 is 11.2 Å². The first kappa shape index (κ1) is 30.6. The van der Waals surface area contributed by atoms with Crippen molar-refractivity contribution in [3.05, 3.63) is 146 Å². The molecular weight excluding hydrogens is 577 g/mol. The Morgan fingerprint density at radius 3 is 1.64 bits per heavy atom. The Labute approximate surface area is 277 Å². The minimum Gasteiger partial charge on any atom is -0.456 e. The summed E-state index contributed by atoms with van der Waals surface area (Å²) in [6.45, 7) is 7.39. The number of aliphatic hydroxyl groups is 1. The van der Waals surface area contributed by atoms with E-state index >= 15 is 0 Å². The first-order valence-corrected chi connectivity index (χ1v) is 16.1. The van der Waals surface area contributed by atoms with Crippen LogP contribution < -0.4 is 10.4 Å². The minimum atomic E-state index is -0.959. The second-order valence-corrected chi connectivity index (χ2v) is 13.1. The molecule has 5 heteroatoms. The fourth-order valence-corrected chi connectivity index (χ4v) is 5.77. The molecule has 0 unspecified atom stereocenters. The van der Waals surface area contributed by atoms with Crippen molar-refractivity contribution in [2.45, 2.75) is 38.9 Å². The van der Waals surface area contributed by atoms with Crippen LogP contribution in [0.3, 0.4) is 0 Å². The van der Waals surface area contributed by atoms with Gasteiger partial charge in [0.05, 0.1) is 11.2 Å². The van der Waals surface area contributed by atoms with Crippen molar-refractivity contribution in [3.8, 4) is 22.3 Å². The smallest absolute Gasteiger partial charge is 0.309 e. The quantitative estimate of drug-likeness (QED) is 0.164. The van der Waals surface area contributed by atoms with E-state index in [2.05, 4.69) is 126 Å². The van der Waals surface area contributed by atoms with Gasteiger partial charge < -0.3 is 19.1 Å². The van der Waals surface area contributed by atoms with E-state index in [0.29, 0.717) is 7.48 Å². The van der Waals surface area contributed by atoms with Gasteiger partial charge in [0.2, 0.25) is 0 Å². The molecule has 0 aliphatic heterocycles. The van der Waals surface area contributed by atoms with Gasteiger partial charge in [-0.15, -0.1) is 0 Å². The van der Waals surface area contributed by atoms with E-state index in [1.165, 1.54) is 11.1 Å². The summed E-state index contributed by atoms with van der Waals surface area (Å²) in [6.07, 6.45) is 0. The molecule has 232 valence electrons. The lowest BCUT2D eigenvalue weighted by Crippen LogP contribution is -2.49. The third-order valence-corrected chi connectivity index (χ3v) is 9.34. The Morgan fingerprint density at radius 2 is 1.02 bits per heavy atom. The molecule has 1 N–H and O–H groups in total.